The summed E-state index contributed by atoms with van der Waals surface area (Å²) in [6, 6.07) is 14.4. The van der Waals surface area contributed by atoms with Crippen LogP contribution in [0.25, 0.3) is 0 Å². The topological polar surface area (TPSA) is 30.5 Å². The van der Waals surface area contributed by atoms with Gasteiger partial charge in [0.05, 0.1) is 13.2 Å². The number of methoxy groups -OCH3 is 1. The molecule has 0 radical (unpaired) electrons. The van der Waals surface area contributed by atoms with Gasteiger partial charge in [0.15, 0.2) is 11.5 Å². The van der Waals surface area contributed by atoms with Gasteiger partial charge in [-0.1, -0.05) is 41.5 Å². The fourth-order valence-corrected chi connectivity index (χ4v) is 2.47. The monoisotopic (exact) mass is 285 g/mol. The van der Waals surface area contributed by atoms with E-state index in [1.165, 1.54) is 16.7 Å². The summed E-state index contributed by atoms with van der Waals surface area (Å²) < 4.78 is 11.2. The van der Waals surface area contributed by atoms with Crippen LogP contribution in [0.4, 0.5) is 0 Å². The van der Waals surface area contributed by atoms with E-state index in [4.69, 9.17) is 9.47 Å². The molecule has 0 aromatic heterocycles. The van der Waals surface area contributed by atoms with Gasteiger partial charge in [0, 0.05) is 0 Å². The zero-order valence-electron chi connectivity index (χ0n) is 13.1. The zero-order valence-corrected chi connectivity index (χ0v) is 13.1. The van der Waals surface area contributed by atoms with Gasteiger partial charge in [-0.25, -0.2) is 0 Å². The standard InChI is InChI=1S/C18H23NO2/c1-13-9-14(2)11-15(10-13)16(19-3)12-21-18-8-6-5-7-17(18)20-4/h5-11,16,19H,12H2,1-4H3. The number of likely N-dealkylation sites (N-methyl/N-ethyl adjacent to an activating group) is 1. The molecule has 0 aliphatic heterocycles. The number of ether oxygens (including phenoxy) is 2. The summed E-state index contributed by atoms with van der Waals surface area (Å²) in [6.45, 7) is 4.79. The van der Waals surface area contributed by atoms with Gasteiger partial charge in [0.1, 0.15) is 6.61 Å². The van der Waals surface area contributed by atoms with E-state index in [0.29, 0.717) is 6.61 Å². The van der Waals surface area contributed by atoms with E-state index in [-0.39, 0.29) is 6.04 Å². The van der Waals surface area contributed by atoms with Crippen LogP contribution < -0.4 is 14.8 Å². The minimum absolute atomic E-state index is 0.147. The lowest BCUT2D eigenvalue weighted by molar-refractivity contribution is 0.259. The van der Waals surface area contributed by atoms with Gasteiger partial charge in [-0.05, 0) is 38.6 Å². The average Bonchev–Trinajstić information content (AvgIpc) is 2.47. The fourth-order valence-electron chi connectivity index (χ4n) is 2.47. The maximum absolute atomic E-state index is 5.93. The average molecular weight is 285 g/mol. The molecule has 1 unspecified atom stereocenters. The van der Waals surface area contributed by atoms with Crippen LogP contribution in [-0.4, -0.2) is 20.8 Å². The van der Waals surface area contributed by atoms with E-state index < -0.39 is 0 Å². The Kier molecular flexibility index (Phi) is 5.23. The summed E-state index contributed by atoms with van der Waals surface area (Å²) in [5.41, 5.74) is 3.77. The summed E-state index contributed by atoms with van der Waals surface area (Å²) >= 11 is 0. The summed E-state index contributed by atoms with van der Waals surface area (Å²) in [5.74, 6) is 1.53. The molecule has 0 heterocycles. The smallest absolute Gasteiger partial charge is 0.161 e. The number of para-hydroxylation sites is 2. The second-order valence-corrected chi connectivity index (χ2v) is 5.22. The highest BCUT2D eigenvalue weighted by Crippen LogP contribution is 2.27. The molecular weight excluding hydrogens is 262 g/mol. The molecule has 0 saturated heterocycles. The number of aryl methyl sites for hydroxylation is 2. The van der Waals surface area contributed by atoms with E-state index in [1.54, 1.807) is 7.11 Å². The third kappa shape index (κ3) is 3.99. The molecule has 112 valence electrons. The predicted octanol–water partition coefficient (Wildman–Crippen LogP) is 3.65. The molecular formula is C18H23NO2. The van der Waals surface area contributed by atoms with E-state index >= 15 is 0 Å². The minimum Gasteiger partial charge on any atom is -0.493 e. The van der Waals surface area contributed by atoms with Gasteiger partial charge in [0.25, 0.3) is 0 Å². The zero-order chi connectivity index (χ0) is 15.2. The first-order chi connectivity index (χ1) is 10.1. The molecule has 0 saturated carbocycles. The number of benzene rings is 2. The van der Waals surface area contributed by atoms with Crippen LogP contribution in [0.1, 0.15) is 22.7 Å². The molecule has 2 rings (SSSR count). The minimum atomic E-state index is 0.147. The van der Waals surface area contributed by atoms with Gasteiger partial charge < -0.3 is 14.8 Å². The van der Waals surface area contributed by atoms with Crippen molar-refractivity contribution in [2.45, 2.75) is 19.9 Å². The Hall–Kier alpha value is -2.00. The Labute approximate surface area is 126 Å². The molecule has 0 fully saturated rings. The van der Waals surface area contributed by atoms with Crippen LogP contribution in [0.5, 0.6) is 11.5 Å². The second kappa shape index (κ2) is 7.14. The molecule has 0 aliphatic rings. The molecule has 0 amide bonds. The number of hydrogen-bond acceptors (Lipinski definition) is 3. The third-order valence-electron chi connectivity index (χ3n) is 3.47. The molecule has 1 atom stereocenters. The second-order valence-electron chi connectivity index (χ2n) is 5.22. The number of hydrogen-bond donors (Lipinski definition) is 1. The van der Waals surface area contributed by atoms with Crippen molar-refractivity contribution in [3.05, 3.63) is 59.2 Å². The van der Waals surface area contributed by atoms with Crippen molar-refractivity contribution in [1.29, 1.82) is 0 Å². The highest BCUT2D eigenvalue weighted by molar-refractivity contribution is 5.39. The maximum atomic E-state index is 5.93. The van der Waals surface area contributed by atoms with Gasteiger partial charge in [-0.2, -0.15) is 0 Å². The first-order valence-corrected chi connectivity index (χ1v) is 7.15. The fraction of sp³-hybridized carbons (Fsp3) is 0.333. The Bertz CT molecular complexity index is 575. The predicted molar refractivity (Wildman–Crippen MR) is 86.2 cm³/mol. The van der Waals surface area contributed by atoms with Crippen molar-refractivity contribution >= 4 is 0 Å². The third-order valence-corrected chi connectivity index (χ3v) is 3.47. The van der Waals surface area contributed by atoms with Gasteiger partial charge >= 0.3 is 0 Å². The van der Waals surface area contributed by atoms with Crippen molar-refractivity contribution in [2.75, 3.05) is 20.8 Å². The van der Waals surface area contributed by atoms with Gasteiger partial charge in [-0.15, -0.1) is 0 Å². The lowest BCUT2D eigenvalue weighted by Crippen LogP contribution is -2.23. The number of nitrogens with one attached hydrogen (secondary N) is 1. The molecule has 3 nitrogen and oxygen atoms in total. The van der Waals surface area contributed by atoms with Crippen LogP contribution in [0, 0.1) is 13.8 Å². The molecule has 0 spiro atoms. The lowest BCUT2D eigenvalue weighted by atomic mass is 10.0. The SMILES string of the molecule is CNC(COc1ccccc1OC)c1cc(C)cc(C)c1. The Morgan fingerprint density at radius 2 is 1.62 bits per heavy atom. The van der Waals surface area contributed by atoms with Crippen molar-refractivity contribution < 1.29 is 9.47 Å². The first kappa shape index (κ1) is 15.4. The lowest BCUT2D eigenvalue weighted by Gasteiger charge is -2.19. The normalized spacial score (nSPS) is 12.0. The molecule has 1 N–H and O–H groups in total. The highest BCUT2D eigenvalue weighted by Gasteiger charge is 2.12. The molecule has 2 aromatic rings. The summed E-state index contributed by atoms with van der Waals surface area (Å²) in [7, 11) is 3.61. The molecule has 3 heteroatoms. The van der Waals surface area contributed by atoms with Gasteiger partial charge in [-0.3, -0.25) is 0 Å². The van der Waals surface area contributed by atoms with Crippen molar-refractivity contribution in [3.8, 4) is 11.5 Å². The van der Waals surface area contributed by atoms with Crippen molar-refractivity contribution in [3.63, 3.8) is 0 Å². The van der Waals surface area contributed by atoms with Crippen molar-refractivity contribution in [1.82, 2.24) is 5.32 Å². The highest BCUT2D eigenvalue weighted by atomic mass is 16.5. The summed E-state index contributed by atoms with van der Waals surface area (Å²) in [5, 5.41) is 3.31. The summed E-state index contributed by atoms with van der Waals surface area (Å²) in [6.07, 6.45) is 0. The molecule has 0 bridgehead atoms. The van der Waals surface area contributed by atoms with Crippen LogP contribution in [0.2, 0.25) is 0 Å². The molecule has 0 aliphatic carbocycles. The molecule has 21 heavy (non-hydrogen) atoms. The number of rotatable bonds is 6. The van der Waals surface area contributed by atoms with E-state index in [2.05, 4.69) is 37.4 Å². The van der Waals surface area contributed by atoms with E-state index in [9.17, 15) is 0 Å². The van der Waals surface area contributed by atoms with Crippen LogP contribution in [0.15, 0.2) is 42.5 Å². The largest absolute Gasteiger partial charge is 0.493 e. The Balaban J connectivity index is 2.12. The first-order valence-electron chi connectivity index (χ1n) is 7.15. The Morgan fingerprint density at radius 3 is 2.19 bits per heavy atom. The summed E-state index contributed by atoms with van der Waals surface area (Å²) in [4.78, 5) is 0. The van der Waals surface area contributed by atoms with E-state index in [1.807, 2.05) is 31.3 Å². The molecule has 2 aromatic carbocycles. The van der Waals surface area contributed by atoms with Crippen molar-refractivity contribution in [2.24, 2.45) is 0 Å². The van der Waals surface area contributed by atoms with E-state index in [0.717, 1.165) is 11.5 Å². The quantitative estimate of drug-likeness (QED) is 0.878. The Morgan fingerprint density at radius 1 is 1.00 bits per heavy atom. The van der Waals surface area contributed by atoms with Crippen LogP contribution >= 0.6 is 0 Å². The van der Waals surface area contributed by atoms with Crippen LogP contribution in [-0.2, 0) is 0 Å². The van der Waals surface area contributed by atoms with Gasteiger partial charge in [0.2, 0.25) is 0 Å². The van der Waals surface area contributed by atoms with Crippen LogP contribution in [0.3, 0.4) is 0 Å². The maximum Gasteiger partial charge on any atom is 0.161 e.